The molecule has 6 nitrogen and oxygen atoms in total. The van der Waals surface area contributed by atoms with Gasteiger partial charge in [0.2, 0.25) is 0 Å². The lowest BCUT2D eigenvalue weighted by Crippen LogP contribution is -2.51. The molecular weight excluding hydrogens is 380 g/mol. The lowest BCUT2D eigenvalue weighted by molar-refractivity contribution is -0.0340. The minimum absolute atomic E-state index is 0.00787. The molecule has 0 aliphatic carbocycles. The molecule has 0 aromatic heterocycles. The van der Waals surface area contributed by atoms with Crippen molar-refractivity contribution in [3.05, 3.63) is 65.7 Å². The van der Waals surface area contributed by atoms with Crippen LogP contribution in [0.15, 0.2) is 54.6 Å². The van der Waals surface area contributed by atoms with Gasteiger partial charge >= 0.3 is 0 Å². The molecular formula is C24H30N2O4. The lowest BCUT2D eigenvalue weighted by atomic mass is 10.1. The van der Waals surface area contributed by atoms with Crippen LogP contribution in [0.3, 0.4) is 0 Å². The number of morpholine rings is 1. The Balaban J connectivity index is 1.67. The summed E-state index contributed by atoms with van der Waals surface area (Å²) in [6, 6.07) is 16.4. The van der Waals surface area contributed by atoms with E-state index in [-0.39, 0.29) is 17.9 Å². The van der Waals surface area contributed by atoms with Crippen molar-refractivity contribution in [2.75, 3.05) is 39.9 Å². The van der Waals surface area contributed by atoms with E-state index in [4.69, 9.17) is 9.47 Å². The van der Waals surface area contributed by atoms with E-state index in [1.165, 1.54) is 0 Å². The van der Waals surface area contributed by atoms with Crippen LogP contribution in [0.1, 0.15) is 34.6 Å². The molecule has 2 aromatic carbocycles. The molecule has 1 saturated heterocycles. The molecule has 3 rings (SSSR count). The molecule has 0 saturated carbocycles. The number of hydrogen-bond donors (Lipinski definition) is 0. The maximum absolute atomic E-state index is 13.0. The molecule has 30 heavy (non-hydrogen) atoms. The normalized spacial score (nSPS) is 16.4. The highest BCUT2D eigenvalue weighted by Gasteiger charge is 2.28. The zero-order valence-electron chi connectivity index (χ0n) is 17.9. The Labute approximate surface area is 178 Å². The molecule has 2 amide bonds. The minimum Gasteiger partial charge on any atom is -0.497 e. The second-order valence-electron chi connectivity index (χ2n) is 7.94. The van der Waals surface area contributed by atoms with E-state index in [9.17, 15) is 9.59 Å². The van der Waals surface area contributed by atoms with Gasteiger partial charge in [0.05, 0.1) is 19.8 Å². The maximum Gasteiger partial charge on any atom is 0.254 e. The summed E-state index contributed by atoms with van der Waals surface area (Å²) in [6.07, 6.45) is -0.215. The number of benzene rings is 2. The first-order chi connectivity index (χ1) is 14.5. The molecule has 0 radical (unpaired) electrons. The van der Waals surface area contributed by atoms with Gasteiger partial charge < -0.3 is 19.3 Å². The largest absolute Gasteiger partial charge is 0.497 e. The van der Waals surface area contributed by atoms with E-state index in [0.29, 0.717) is 49.8 Å². The Morgan fingerprint density at radius 3 is 2.43 bits per heavy atom. The SMILES string of the molecule is COc1ccc(C(=O)N2CCOC(CN(CC(C)C)C(=O)c3ccccc3)C2)cc1. The van der Waals surface area contributed by atoms with Gasteiger partial charge in [-0.1, -0.05) is 32.0 Å². The Bertz CT molecular complexity index is 836. The molecule has 1 unspecified atom stereocenters. The van der Waals surface area contributed by atoms with E-state index in [0.717, 1.165) is 5.75 Å². The van der Waals surface area contributed by atoms with Crippen LogP contribution in [0.4, 0.5) is 0 Å². The van der Waals surface area contributed by atoms with Gasteiger partial charge in [0.15, 0.2) is 0 Å². The fourth-order valence-electron chi connectivity index (χ4n) is 3.62. The minimum atomic E-state index is -0.215. The lowest BCUT2D eigenvalue weighted by Gasteiger charge is -2.36. The number of methoxy groups -OCH3 is 1. The van der Waals surface area contributed by atoms with Crippen molar-refractivity contribution in [2.24, 2.45) is 5.92 Å². The number of rotatable bonds is 7. The number of ether oxygens (including phenoxy) is 2. The van der Waals surface area contributed by atoms with Crippen LogP contribution in [0.25, 0.3) is 0 Å². The van der Waals surface area contributed by atoms with E-state index in [1.54, 1.807) is 36.3 Å². The third kappa shape index (κ3) is 5.60. The first kappa shape index (κ1) is 21.8. The van der Waals surface area contributed by atoms with E-state index in [1.807, 2.05) is 35.2 Å². The fraction of sp³-hybridized carbons (Fsp3) is 0.417. The molecule has 0 bridgehead atoms. The van der Waals surface area contributed by atoms with Gasteiger partial charge in [0, 0.05) is 37.3 Å². The molecule has 1 heterocycles. The highest BCUT2D eigenvalue weighted by molar-refractivity contribution is 5.95. The summed E-state index contributed by atoms with van der Waals surface area (Å²) in [5.74, 6) is 1.01. The van der Waals surface area contributed by atoms with Gasteiger partial charge in [-0.15, -0.1) is 0 Å². The van der Waals surface area contributed by atoms with Crippen molar-refractivity contribution in [1.29, 1.82) is 0 Å². The zero-order valence-corrected chi connectivity index (χ0v) is 17.9. The van der Waals surface area contributed by atoms with Crippen LogP contribution in [0, 0.1) is 5.92 Å². The number of nitrogens with zero attached hydrogens (tertiary/aromatic N) is 2. The molecule has 0 spiro atoms. The summed E-state index contributed by atoms with van der Waals surface area (Å²) >= 11 is 0. The van der Waals surface area contributed by atoms with Crippen LogP contribution in [-0.2, 0) is 4.74 Å². The standard InChI is InChI=1S/C24H30N2O4/c1-18(2)15-26(24(28)19-7-5-4-6-8-19)17-22-16-25(13-14-30-22)23(27)20-9-11-21(29-3)12-10-20/h4-12,18,22H,13-17H2,1-3H3. The number of hydrogen-bond acceptors (Lipinski definition) is 4. The maximum atomic E-state index is 13.0. The molecule has 6 heteroatoms. The highest BCUT2D eigenvalue weighted by Crippen LogP contribution is 2.17. The van der Waals surface area contributed by atoms with Gasteiger partial charge in [-0.3, -0.25) is 9.59 Å². The van der Waals surface area contributed by atoms with Crippen molar-refractivity contribution in [3.63, 3.8) is 0 Å². The quantitative estimate of drug-likeness (QED) is 0.703. The summed E-state index contributed by atoms with van der Waals surface area (Å²) in [7, 11) is 1.60. The summed E-state index contributed by atoms with van der Waals surface area (Å²) in [5, 5.41) is 0. The Kier molecular flexibility index (Phi) is 7.46. The monoisotopic (exact) mass is 410 g/mol. The summed E-state index contributed by atoms with van der Waals surface area (Å²) in [6.45, 7) is 6.73. The molecule has 1 aliphatic heterocycles. The van der Waals surface area contributed by atoms with Crippen molar-refractivity contribution in [2.45, 2.75) is 20.0 Å². The summed E-state index contributed by atoms with van der Waals surface area (Å²) in [5.41, 5.74) is 1.29. The average Bonchev–Trinajstić information content (AvgIpc) is 2.78. The summed E-state index contributed by atoms with van der Waals surface area (Å²) in [4.78, 5) is 29.6. The van der Waals surface area contributed by atoms with Crippen LogP contribution in [0.2, 0.25) is 0 Å². The predicted molar refractivity (Wildman–Crippen MR) is 116 cm³/mol. The third-order valence-electron chi connectivity index (χ3n) is 5.08. The smallest absolute Gasteiger partial charge is 0.254 e. The van der Waals surface area contributed by atoms with Crippen molar-refractivity contribution in [3.8, 4) is 5.75 Å². The van der Waals surface area contributed by atoms with Crippen LogP contribution >= 0.6 is 0 Å². The van der Waals surface area contributed by atoms with Gasteiger partial charge in [-0.05, 0) is 42.3 Å². The van der Waals surface area contributed by atoms with E-state index >= 15 is 0 Å². The van der Waals surface area contributed by atoms with Crippen molar-refractivity contribution < 1.29 is 19.1 Å². The number of amides is 2. The van der Waals surface area contributed by atoms with Gasteiger partial charge in [0.1, 0.15) is 5.75 Å². The van der Waals surface area contributed by atoms with Crippen LogP contribution < -0.4 is 4.74 Å². The van der Waals surface area contributed by atoms with Crippen molar-refractivity contribution in [1.82, 2.24) is 9.80 Å². The highest BCUT2D eigenvalue weighted by atomic mass is 16.5. The first-order valence-corrected chi connectivity index (χ1v) is 10.4. The molecule has 1 aliphatic rings. The van der Waals surface area contributed by atoms with Crippen LogP contribution in [0.5, 0.6) is 5.75 Å². The van der Waals surface area contributed by atoms with E-state index in [2.05, 4.69) is 13.8 Å². The zero-order chi connectivity index (χ0) is 21.5. The van der Waals surface area contributed by atoms with Gasteiger partial charge in [-0.25, -0.2) is 0 Å². The third-order valence-corrected chi connectivity index (χ3v) is 5.08. The Morgan fingerprint density at radius 1 is 1.10 bits per heavy atom. The second kappa shape index (κ2) is 10.3. The van der Waals surface area contributed by atoms with Crippen molar-refractivity contribution >= 4 is 11.8 Å². The van der Waals surface area contributed by atoms with E-state index < -0.39 is 0 Å². The van der Waals surface area contributed by atoms with Crippen LogP contribution in [-0.4, -0.2) is 67.6 Å². The molecule has 0 N–H and O–H groups in total. The Morgan fingerprint density at radius 2 is 1.80 bits per heavy atom. The first-order valence-electron chi connectivity index (χ1n) is 10.4. The number of carbonyl (C=O) groups is 2. The second-order valence-corrected chi connectivity index (χ2v) is 7.94. The predicted octanol–water partition coefficient (Wildman–Crippen LogP) is 3.33. The number of carbonyl (C=O) groups excluding carboxylic acids is 2. The van der Waals surface area contributed by atoms with Gasteiger partial charge in [-0.2, -0.15) is 0 Å². The molecule has 160 valence electrons. The molecule has 1 atom stereocenters. The van der Waals surface area contributed by atoms with Gasteiger partial charge in [0.25, 0.3) is 11.8 Å². The summed E-state index contributed by atoms with van der Waals surface area (Å²) < 4.78 is 11.1. The Hall–Kier alpha value is -2.86. The average molecular weight is 411 g/mol. The molecule has 2 aromatic rings. The fourth-order valence-corrected chi connectivity index (χ4v) is 3.62. The topological polar surface area (TPSA) is 59.1 Å². The molecule has 1 fully saturated rings.